The number of rotatable bonds is 2. The highest BCUT2D eigenvalue weighted by Crippen LogP contribution is 2.42. The molecule has 1 saturated heterocycles. The lowest BCUT2D eigenvalue weighted by atomic mass is 10.1. The molecule has 1 aromatic heterocycles. The molecule has 3 rings (SSSR count). The van der Waals surface area contributed by atoms with Crippen molar-refractivity contribution in [3.8, 4) is 0 Å². The van der Waals surface area contributed by atoms with Crippen molar-refractivity contribution >= 4 is 15.9 Å². The second-order valence-corrected chi connectivity index (χ2v) is 5.35. The van der Waals surface area contributed by atoms with Gasteiger partial charge in [0.25, 0.3) is 0 Å². The molecular formula is C11H15BrN2O. The van der Waals surface area contributed by atoms with E-state index < -0.39 is 0 Å². The van der Waals surface area contributed by atoms with Gasteiger partial charge in [-0.05, 0) is 41.3 Å². The molecule has 1 saturated carbocycles. The largest absolute Gasteiger partial charge is 0.466 e. The van der Waals surface area contributed by atoms with Crippen LogP contribution in [0.1, 0.15) is 31.1 Å². The molecule has 0 aromatic carbocycles. The Morgan fingerprint density at radius 1 is 1.40 bits per heavy atom. The summed E-state index contributed by atoms with van der Waals surface area (Å²) in [6, 6.07) is 3.20. The molecular weight excluding hydrogens is 256 g/mol. The van der Waals surface area contributed by atoms with Gasteiger partial charge in [-0.15, -0.1) is 0 Å². The number of furan rings is 1. The van der Waals surface area contributed by atoms with Crippen LogP contribution in [0, 0.1) is 0 Å². The normalized spacial score (nSPS) is 32.4. The average Bonchev–Trinajstić information content (AvgIpc) is 2.88. The molecule has 0 radical (unpaired) electrons. The molecule has 15 heavy (non-hydrogen) atoms. The lowest BCUT2D eigenvalue weighted by Gasteiger charge is -2.25. The average molecular weight is 271 g/mol. The van der Waals surface area contributed by atoms with Crippen molar-refractivity contribution in [3.63, 3.8) is 0 Å². The van der Waals surface area contributed by atoms with E-state index >= 15 is 0 Å². The molecule has 4 heteroatoms. The van der Waals surface area contributed by atoms with Crippen molar-refractivity contribution in [2.45, 2.75) is 37.4 Å². The van der Waals surface area contributed by atoms with E-state index in [9.17, 15) is 0 Å². The fourth-order valence-electron chi connectivity index (χ4n) is 2.52. The molecule has 82 valence electrons. The van der Waals surface area contributed by atoms with Gasteiger partial charge in [-0.25, -0.2) is 0 Å². The van der Waals surface area contributed by atoms with Gasteiger partial charge < -0.3 is 10.2 Å². The predicted octanol–water partition coefficient (Wildman–Crippen LogP) is 2.28. The van der Waals surface area contributed by atoms with Crippen LogP contribution in [0.3, 0.4) is 0 Å². The minimum atomic E-state index is 0.216. The first-order valence-corrected chi connectivity index (χ1v) is 6.31. The monoisotopic (exact) mass is 270 g/mol. The summed E-state index contributed by atoms with van der Waals surface area (Å²) in [5.74, 6) is 1.01. The summed E-state index contributed by atoms with van der Waals surface area (Å²) in [4.78, 5) is 2.51. The van der Waals surface area contributed by atoms with Crippen LogP contribution >= 0.6 is 15.9 Å². The summed E-state index contributed by atoms with van der Waals surface area (Å²) in [5.41, 5.74) is 6.17. The van der Waals surface area contributed by atoms with Crippen LogP contribution in [-0.4, -0.2) is 23.5 Å². The van der Waals surface area contributed by atoms with Crippen molar-refractivity contribution in [3.05, 3.63) is 22.6 Å². The van der Waals surface area contributed by atoms with Crippen molar-refractivity contribution in [1.82, 2.24) is 4.90 Å². The van der Waals surface area contributed by atoms with Crippen molar-refractivity contribution in [2.75, 3.05) is 6.54 Å². The van der Waals surface area contributed by atoms with Crippen LogP contribution in [0.25, 0.3) is 0 Å². The highest BCUT2D eigenvalue weighted by molar-refractivity contribution is 9.10. The molecule has 3 nitrogen and oxygen atoms in total. The summed E-state index contributed by atoms with van der Waals surface area (Å²) in [5, 5.41) is 0. The zero-order valence-corrected chi connectivity index (χ0v) is 10.1. The van der Waals surface area contributed by atoms with Gasteiger partial charge in [0.1, 0.15) is 5.76 Å². The maximum absolute atomic E-state index is 6.17. The van der Waals surface area contributed by atoms with Gasteiger partial charge in [0.15, 0.2) is 0 Å². The number of likely N-dealkylation sites (tertiary alicyclic amines) is 1. The molecule has 2 fully saturated rings. The molecule has 2 atom stereocenters. The Morgan fingerprint density at radius 2 is 2.20 bits per heavy atom. The molecule has 0 bridgehead atoms. The van der Waals surface area contributed by atoms with E-state index in [4.69, 9.17) is 10.2 Å². The Hall–Kier alpha value is -0.320. The standard InChI is InChI=1S/C11H15BrN2O/c12-8-4-6-15-11(8)10-9(13)3-5-14(10)7-1-2-7/h4,6-7,9-10H,1-3,5,13H2. The molecule has 2 unspecified atom stereocenters. The van der Waals surface area contributed by atoms with Crippen molar-refractivity contribution in [1.29, 1.82) is 0 Å². The van der Waals surface area contributed by atoms with Gasteiger partial charge in [-0.2, -0.15) is 0 Å². The third kappa shape index (κ3) is 1.65. The Kier molecular flexibility index (Phi) is 2.38. The first kappa shape index (κ1) is 9.87. The van der Waals surface area contributed by atoms with E-state index in [0.29, 0.717) is 0 Å². The summed E-state index contributed by atoms with van der Waals surface area (Å²) >= 11 is 3.52. The summed E-state index contributed by atoms with van der Waals surface area (Å²) in [7, 11) is 0. The first-order chi connectivity index (χ1) is 7.27. The maximum Gasteiger partial charge on any atom is 0.136 e. The zero-order valence-electron chi connectivity index (χ0n) is 8.53. The fourth-order valence-corrected chi connectivity index (χ4v) is 2.95. The van der Waals surface area contributed by atoms with Crippen LogP contribution in [-0.2, 0) is 0 Å². The molecule has 1 aliphatic carbocycles. The zero-order chi connectivity index (χ0) is 10.4. The number of halogens is 1. The van der Waals surface area contributed by atoms with E-state index in [1.807, 2.05) is 6.07 Å². The van der Waals surface area contributed by atoms with Crippen molar-refractivity contribution in [2.24, 2.45) is 5.73 Å². The van der Waals surface area contributed by atoms with E-state index in [0.717, 1.165) is 29.2 Å². The van der Waals surface area contributed by atoms with Gasteiger partial charge in [-0.3, -0.25) is 4.90 Å². The third-order valence-corrected chi connectivity index (χ3v) is 4.07. The second-order valence-electron chi connectivity index (χ2n) is 4.50. The van der Waals surface area contributed by atoms with Gasteiger partial charge in [0.05, 0.1) is 16.8 Å². The molecule has 0 amide bonds. The molecule has 2 heterocycles. The van der Waals surface area contributed by atoms with Gasteiger partial charge in [0, 0.05) is 18.6 Å². The van der Waals surface area contributed by atoms with Crippen LogP contribution < -0.4 is 5.73 Å². The molecule has 1 aliphatic heterocycles. The van der Waals surface area contributed by atoms with Crippen molar-refractivity contribution < 1.29 is 4.42 Å². The second kappa shape index (κ2) is 3.61. The highest BCUT2D eigenvalue weighted by Gasteiger charge is 2.43. The van der Waals surface area contributed by atoms with E-state index in [2.05, 4.69) is 20.8 Å². The highest BCUT2D eigenvalue weighted by atomic mass is 79.9. The van der Waals surface area contributed by atoms with Crippen LogP contribution in [0.15, 0.2) is 21.2 Å². The van der Waals surface area contributed by atoms with E-state index in [-0.39, 0.29) is 12.1 Å². The maximum atomic E-state index is 6.17. The Labute approximate surface area is 97.7 Å². The lowest BCUT2D eigenvalue weighted by molar-refractivity contribution is 0.209. The minimum absolute atomic E-state index is 0.216. The Balaban J connectivity index is 1.91. The van der Waals surface area contributed by atoms with Gasteiger partial charge in [0.2, 0.25) is 0 Å². The Bertz CT molecular complexity index is 361. The van der Waals surface area contributed by atoms with E-state index in [1.54, 1.807) is 6.26 Å². The quantitative estimate of drug-likeness (QED) is 0.897. The number of hydrogen-bond donors (Lipinski definition) is 1. The number of nitrogens with zero attached hydrogens (tertiary/aromatic N) is 1. The topological polar surface area (TPSA) is 42.4 Å². The van der Waals surface area contributed by atoms with Gasteiger partial charge >= 0.3 is 0 Å². The summed E-state index contributed by atoms with van der Waals surface area (Å²) < 4.78 is 6.61. The molecule has 1 aromatic rings. The predicted molar refractivity (Wildman–Crippen MR) is 61.5 cm³/mol. The SMILES string of the molecule is NC1CCN(C2CC2)C1c1occc1Br. The van der Waals surface area contributed by atoms with Crippen LogP contribution in [0.5, 0.6) is 0 Å². The Morgan fingerprint density at radius 3 is 2.80 bits per heavy atom. The van der Waals surface area contributed by atoms with Crippen LogP contribution in [0.4, 0.5) is 0 Å². The van der Waals surface area contributed by atoms with E-state index in [1.165, 1.54) is 12.8 Å². The molecule has 2 aliphatic rings. The summed E-state index contributed by atoms with van der Waals surface area (Å²) in [6.07, 6.45) is 5.45. The smallest absolute Gasteiger partial charge is 0.136 e. The van der Waals surface area contributed by atoms with Gasteiger partial charge in [-0.1, -0.05) is 0 Å². The molecule has 0 spiro atoms. The fraction of sp³-hybridized carbons (Fsp3) is 0.636. The minimum Gasteiger partial charge on any atom is -0.466 e. The number of nitrogens with two attached hydrogens (primary N) is 1. The third-order valence-electron chi connectivity index (χ3n) is 3.41. The lowest BCUT2D eigenvalue weighted by Crippen LogP contribution is -2.33. The number of hydrogen-bond acceptors (Lipinski definition) is 3. The summed E-state index contributed by atoms with van der Waals surface area (Å²) in [6.45, 7) is 1.11. The molecule has 2 N–H and O–H groups in total. The first-order valence-electron chi connectivity index (χ1n) is 5.51. The van der Waals surface area contributed by atoms with Crippen LogP contribution in [0.2, 0.25) is 0 Å².